The van der Waals surface area contributed by atoms with Gasteiger partial charge in [-0.2, -0.15) is 0 Å². The van der Waals surface area contributed by atoms with Gasteiger partial charge in [-0.25, -0.2) is 13.8 Å². The fourth-order valence-corrected chi connectivity index (χ4v) is 5.61. The second-order valence-electron chi connectivity index (χ2n) is 11.1. The number of hydrogen-bond acceptors (Lipinski definition) is 6. The highest BCUT2D eigenvalue weighted by atomic mass is 19.1. The molecule has 0 bridgehead atoms. The molecule has 4 atom stereocenters. The maximum atomic E-state index is 13.7. The summed E-state index contributed by atoms with van der Waals surface area (Å²) >= 11 is 0. The van der Waals surface area contributed by atoms with Gasteiger partial charge < -0.3 is 19.6 Å². The van der Waals surface area contributed by atoms with Crippen molar-refractivity contribution in [2.75, 3.05) is 4.90 Å². The first-order valence-corrected chi connectivity index (χ1v) is 13.9. The van der Waals surface area contributed by atoms with Crippen LogP contribution >= 0.6 is 0 Å². The number of benzene rings is 3. The van der Waals surface area contributed by atoms with E-state index in [0.717, 1.165) is 39.6 Å². The lowest BCUT2D eigenvalue weighted by molar-refractivity contribution is -0.137. The Labute approximate surface area is 237 Å². The summed E-state index contributed by atoms with van der Waals surface area (Å²) in [4.78, 5) is 24.1. The van der Waals surface area contributed by atoms with Crippen LogP contribution < -0.4 is 4.90 Å². The minimum absolute atomic E-state index is 0.0227. The Morgan fingerprint density at radius 1 is 1.07 bits per heavy atom. The number of ether oxygens (including phenoxy) is 1. The van der Waals surface area contributed by atoms with Gasteiger partial charge in [0.25, 0.3) is 0 Å². The van der Waals surface area contributed by atoms with Crippen LogP contribution in [0, 0.1) is 11.6 Å². The van der Waals surface area contributed by atoms with Crippen molar-refractivity contribution in [3.63, 3.8) is 0 Å². The molecule has 9 heteroatoms. The van der Waals surface area contributed by atoms with E-state index in [4.69, 9.17) is 19.7 Å². The van der Waals surface area contributed by atoms with E-state index in [1.165, 1.54) is 24.3 Å². The number of halogens is 2. The lowest BCUT2D eigenvalue weighted by atomic mass is 9.81. The molecule has 1 fully saturated rings. The minimum Gasteiger partial charge on any atom is -0.481 e. The van der Waals surface area contributed by atoms with Crippen LogP contribution in [0.5, 0.6) is 0 Å². The number of carboxylic acid groups (broad SMARTS) is 1. The monoisotopic (exact) mass is 559 g/mol. The summed E-state index contributed by atoms with van der Waals surface area (Å²) in [5.41, 5.74) is 4.55. The van der Waals surface area contributed by atoms with Gasteiger partial charge in [0, 0.05) is 42.0 Å². The Morgan fingerprint density at radius 2 is 1.78 bits per heavy atom. The Kier molecular flexibility index (Phi) is 7.07. The molecular weight excluding hydrogens is 528 g/mol. The number of aliphatic carboxylic acids is 1. The zero-order chi connectivity index (χ0) is 28.7. The molecule has 3 aliphatic heterocycles. The van der Waals surface area contributed by atoms with Crippen molar-refractivity contribution in [3.8, 4) is 0 Å². The molecular formula is C32H31F2N3O4. The second-order valence-corrected chi connectivity index (χ2v) is 11.1. The van der Waals surface area contributed by atoms with Gasteiger partial charge in [0.05, 0.1) is 11.4 Å². The molecule has 3 heterocycles. The number of aliphatic imine (C=N–C) groups is 1. The molecule has 0 radical (unpaired) electrons. The van der Waals surface area contributed by atoms with Gasteiger partial charge in [0.15, 0.2) is 6.23 Å². The van der Waals surface area contributed by atoms with Crippen LogP contribution in [0.4, 0.5) is 20.2 Å². The molecule has 6 rings (SSSR count). The molecule has 0 aliphatic carbocycles. The molecule has 3 aromatic rings. The Balaban J connectivity index is 1.28. The van der Waals surface area contributed by atoms with E-state index in [1.54, 1.807) is 24.3 Å². The zero-order valence-electron chi connectivity index (χ0n) is 22.9. The van der Waals surface area contributed by atoms with E-state index in [0.29, 0.717) is 25.7 Å². The quantitative estimate of drug-likeness (QED) is 0.221. The van der Waals surface area contributed by atoms with E-state index in [9.17, 15) is 13.6 Å². The number of oxime groups is 1. The normalized spacial score (nSPS) is 23.5. The number of amidine groups is 1. The molecule has 3 aliphatic rings. The molecule has 41 heavy (non-hydrogen) atoms. The summed E-state index contributed by atoms with van der Waals surface area (Å²) in [6.07, 6.45) is 1.87. The molecule has 1 N–H and O–H groups in total. The standard InChI is InChI=1S/C32H31F2N3O4/c1-19(20-7-10-22(33)11-8-20)32(2)18-27(36-41-32)21-9-16-25-26(17-21)35-28(5-3-4-6-29(38)39)37(31-30(25)40-31)24-14-12-23(34)13-15-24/h7-17,19,30-31H,3-6,18H2,1-2H3,(H,38,39). The van der Waals surface area contributed by atoms with Crippen molar-refractivity contribution in [2.24, 2.45) is 10.1 Å². The highest BCUT2D eigenvalue weighted by Gasteiger charge is 2.49. The molecule has 0 aromatic heterocycles. The van der Waals surface area contributed by atoms with Crippen molar-refractivity contribution in [3.05, 3.63) is 95.1 Å². The summed E-state index contributed by atoms with van der Waals surface area (Å²) in [5.74, 6) is -0.716. The average Bonchev–Trinajstić information content (AvgIpc) is 3.65. The number of nitrogens with zero attached hydrogens (tertiary/aromatic N) is 3. The van der Waals surface area contributed by atoms with Crippen LogP contribution in [0.15, 0.2) is 76.9 Å². The fourth-order valence-electron chi connectivity index (χ4n) is 5.61. The summed E-state index contributed by atoms with van der Waals surface area (Å²) in [6, 6.07) is 18.7. The smallest absolute Gasteiger partial charge is 0.303 e. The summed E-state index contributed by atoms with van der Waals surface area (Å²) in [7, 11) is 0. The lowest BCUT2D eigenvalue weighted by Crippen LogP contribution is -2.33. The predicted octanol–water partition coefficient (Wildman–Crippen LogP) is 7.24. The van der Waals surface area contributed by atoms with Crippen molar-refractivity contribution >= 4 is 28.9 Å². The third kappa shape index (κ3) is 5.46. The van der Waals surface area contributed by atoms with E-state index < -0.39 is 11.6 Å². The van der Waals surface area contributed by atoms with E-state index >= 15 is 0 Å². The van der Waals surface area contributed by atoms with E-state index in [1.807, 2.05) is 30.0 Å². The van der Waals surface area contributed by atoms with Crippen molar-refractivity contribution in [1.82, 2.24) is 0 Å². The number of rotatable bonds is 9. The van der Waals surface area contributed by atoms with Crippen LogP contribution in [0.1, 0.15) is 74.7 Å². The number of carbonyl (C=O) groups is 1. The third-order valence-electron chi connectivity index (χ3n) is 8.24. The summed E-state index contributed by atoms with van der Waals surface area (Å²) in [6.45, 7) is 4.07. The highest BCUT2D eigenvalue weighted by molar-refractivity contribution is 6.04. The first kappa shape index (κ1) is 27.1. The maximum Gasteiger partial charge on any atom is 0.303 e. The number of hydrogen-bond donors (Lipinski definition) is 1. The van der Waals surface area contributed by atoms with Gasteiger partial charge in [0.1, 0.15) is 29.2 Å². The van der Waals surface area contributed by atoms with Gasteiger partial charge in [0.2, 0.25) is 0 Å². The first-order chi connectivity index (χ1) is 19.7. The molecule has 3 aromatic carbocycles. The Hall–Kier alpha value is -4.11. The van der Waals surface area contributed by atoms with Gasteiger partial charge in [-0.05, 0) is 67.8 Å². The Bertz CT molecular complexity index is 1520. The summed E-state index contributed by atoms with van der Waals surface area (Å²) in [5, 5.41) is 13.5. The van der Waals surface area contributed by atoms with Crippen LogP contribution in [0.2, 0.25) is 0 Å². The van der Waals surface area contributed by atoms with Crippen molar-refractivity contribution in [1.29, 1.82) is 0 Å². The maximum absolute atomic E-state index is 13.7. The largest absolute Gasteiger partial charge is 0.481 e. The first-order valence-electron chi connectivity index (χ1n) is 13.9. The van der Waals surface area contributed by atoms with Crippen LogP contribution in [0.3, 0.4) is 0 Å². The fraction of sp³-hybridized carbons (Fsp3) is 0.344. The number of anilines is 1. The van der Waals surface area contributed by atoms with Gasteiger partial charge in [-0.1, -0.05) is 36.3 Å². The molecule has 1 saturated heterocycles. The average molecular weight is 560 g/mol. The van der Waals surface area contributed by atoms with Gasteiger partial charge >= 0.3 is 5.97 Å². The van der Waals surface area contributed by atoms with Crippen LogP contribution in [0.25, 0.3) is 0 Å². The molecule has 0 spiro atoms. The molecule has 4 unspecified atom stereocenters. The molecule has 0 amide bonds. The minimum atomic E-state index is -0.830. The lowest BCUT2D eigenvalue weighted by Gasteiger charge is -2.29. The summed E-state index contributed by atoms with van der Waals surface area (Å²) < 4.78 is 33.3. The number of carboxylic acids is 1. The van der Waals surface area contributed by atoms with Crippen molar-refractivity contribution < 1.29 is 28.3 Å². The molecule has 212 valence electrons. The van der Waals surface area contributed by atoms with Gasteiger partial charge in [-0.3, -0.25) is 4.79 Å². The van der Waals surface area contributed by atoms with Crippen LogP contribution in [-0.2, 0) is 14.4 Å². The molecule has 0 saturated carbocycles. The molecule has 7 nitrogen and oxygen atoms in total. The van der Waals surface area contributed by atoms with Gasteiger partial charge in [-0.15, -0.1) is 0 Å². The van der Waals surface area contributed by atoms with Crippen molar-refractivity contribution in [2.45, 2.75) is 69.8 Å². The highest BCUT2D eigenvalue weighted by Crippen LogP contribution is 2.49. The third-order valence-corrected chi connectivity index (χ3v) is 8.24. The number of epoxide rings is 1. The number of fused-ring (bicyclic) bond motifs is 3. The predicted molar refractivity (Wildman–Crippen MR) is 152 cm³/mol. The topological polar surface area (TPSA) is 87.0 Å². The second kappa shape index (κ2) is 10.7. The van der Waals surface area contributed by atoms with Crippen LogP contribution in [-0.4, -0.2) is 34.5 Å². The van der Waals surface area contributed by atoms with E-state index in [-0.39, 0.29) is 36.3 Å². The Morgan fingerprint density at radius 3 is 2.49 bits per heavy atom. The zero-order valence-corrected chi connectivity index (χ0v) is 22.9. The SMILES string of the molecule is CC(c1ccc(F)cc1)C1(C)CC(c2ccc3c(c2)N=C(CCCCC(=O)O)N(c2ccc(F)cc2)C2OC32)=NO1. The van der Waals surface area contributed by atoms with E-state index in [2.05, 4.69) is 12.1 Å². The number of unbranched alkanes of at least 4 members (excludes halogenated alkanes) is 1.